The predicted molar refractivity (Wildman–Crippen MR) is 133 cm³/mol. The number of thioether (sulfide) groups is 1. The van der Waals surface area contributed by atoms with Gasteiger partial charge in [-0.05, 0) is 59.1 Å². The van der Waals surface area contributed by atoms with Crippen LogP contribution in [0, 0.1) is 0 Å². The third kappa shape index (κ3) is 5.35. The minimum Gasteiger partial charge on any atom is -0.497 e. The minimum atomic E-state index is -4.61. The lowest BCUT2D eigenvalue weighted by Crippen LogP contribution is -2.24. The van der Waals surface area contributed by atoms with Gasteiger partial charge in [0.15, 0.2) is 5.17 Å². The number of benzene rings is 2. The number of aromatic nitrogens is 5. The lowest BCUT2D eigenvalue weighted by molar-refractivity contribution is -0.138. The number of hydrogen-bond acceptors (Lipinski definition) is 7. The molecule has 190 valence electrons. The molecule has 0 atom stereocenters. The quantitative estimate of drug-likeness (QED) is 0.349. The highest BCUT2D eigenvalue weighted by molar-refractivity contribution is 8.18. The zero-order valence-corrected chi connectivity index (χ0v) is 20.2. The standard InChI is InChI=1S/C24H20F3N7O2S/c1-36-17-4-2-15(19(10-17)24(25,26)27)9-18(14-3-5-20-16(8-14)11-30-33-20)21-22(35)32-23(37-21)29-6-7-34-13-28-12-31-34/h2-5,8,10-13H,6-7,9H2,1H3,(H,30,33)(H,29,32,35). The average molecular weight is 528 g/mol. The molecule has 0 unspecified atom stereocenters. The van der Waals surface area contributed by atoms with Gasteiger partial charge in [-0.25, -0.2) is 4.98 Å². The van der Waals surface area contributed by atoms with E-state index in [9.17, 15) is 18.0 Å². The van der Waals surface area contributed by atoms with Crippen LogP contribution < -0.4 is 10.1 Å². The number of methoxy groups -OCH3 is 1. The SMILES string of the molecule is COc1ccc(CC(=C2SC(NCCn3cncn3)=NC2=O)c2ccc3[nH]ncc3c2)c(C(F)(F)F)c1. The van der Waals surface area contributed by atoms with E-state index in [0.717, 1.165) is 28.7 Å². The van der Waals surface area contributed by atoms with Crippen LogP contribution in [-0.2, 0) is 23.9 Å². The number of rotatable bonds is 7. The average Bonchev–Trinajstić information content (AvgIpc) is 3.63. The maximum atomic E-state index is 14.0. The van der Waals surface area contributed by atoms with Crippen molar-refractivity contribution in [1.82, 2.24) is 30.3 Å². The van der Waals surface area contributed by atoms with Crippen LogP contribution in [0.4, 0.5) is 13.2 Å². The largest absolute Gasteiger partial charge is 0.497 e. The number of aromatic amines is 1. The highest BCUT2D eigenvalue weighted by Crippen LogP contribution is 2.40. The molecule has 13 heteroatoms. The molecule has 0 spiro atoms. The van der Waals surface area contributed by atoms with Gasteiger partial charge in [0.2, 0.25) is 0 Å². The molecule has 0 bridgehead atoms. The Morgan fingerprint density at radius 2 is 2.08 bits per heavy atom. The molecule has 5 rings (SSSR count). The van der Waals surface area contributed by atoms with E-state index >= 15 is 0 Å². The fourth-order valence-corrected chi connectivity index (χ4v) is 4.88. The molecule has 0 aliphatic carbocycles. The number of amidine groups is 1. The summed E-state index contributed by atoms with van der Waals surface area (Å²) in [6.07, 6.45) is -0.140. The van der Waals surface area contributed by atoms with E-state index in [-0.39, 0.29) is 22.6 Å². The third-order valence-corrected chi connectivity index (χ3v) is 6.79. The van der Waals surface area contributed by atoms with Crippen molar-refractivity contribution in [2.45, 2.75) is 19.1 Å². The molecule has 2 aromatic heterocycles. The number of amides is 1. The Morgan fingerprint density at radius 1 is 1.22 bits per heavy atom. The van der Waals surface area contributed by atoms with Crippen molar-refractivity contribution in [2.75, 3.05) is 13.7 Å². The Kier molecular flexibility index (Phi) is 6.70. The fraction of sp³-hybridized carbons (Fsp3) is 0.208. The van der Waals surface area contributed by atoms with Gasteiger partial charge in [-0.15, -0.1) is 0 Å². The molecule has 2 N–H and O–H groups in total. The molecule has 0 saturated heterocycles. The van der Waals surface area contributed by atoms with Crippen LogP contribution in [0.3, 0.4) is 0 Å². The molecular weight excluding hydrogens is 507 g/mol. The number of carbonyl (C=O) groups excluding carboxylic acids is 1. The van der Waals surface area contributed by atoms with Crippen molar-refractivity contribution >= 4 is 39.3 Å². The topological polar surface area (TPSA) is 110 Å². The van der Waals surface area contributed by atoms with Crippen LogP contribution in [0.15, 0.2) is 65.1 Å². The number of fused-ring (bicyclic) bond motifs is 1. The number of nitrogens with zero attached hydrogens (tertiary/aromatic N) is 5. The smallest absolute Gasteiger partial charge is 0.416 e. The maximum Gasteiger partial charge on any atom is 0.416 e. The first-order chi connectivity index (χ1) is 17.8. The summed E-state index contributed by atoms with van der Waals surface area (Å²) in [4.78, 5) is 21.2. The first-order valence-corrected chi connectivity index (χ1v) is 11.9. The molecule has 1 aliphatic heterocycles. The first-order valence-electron chi connectivity index (χ1n) is 11.1. The fourth-order valence-electron chi connectivity index (χ4n) is 3.93. The van der Waals surface area contributed by atoms with Gasteiger partial charge in [0.05, 0.1) is 35.8 Å². The van der Waals surface area contributed by atoms with Crippen LogP contribution in [0.5, 0.6) is 5.75 Å². The van der Waals surface area contributed by atoms with E-state index < -0.39 is 17.6 Å². The van der Waals surface area contributed by atoms with Crippen molar-refractivity contribution in [3.8, 4) is 5.75 Å². The van der Waals surface area contributed by atoms with Gasteiger partial charge in [-0.1, -0.05) is 12.1 Å². The Labute approximate surface area is 212 Å². The highest BCUT2D eigenvalue weighted by atomic mass is 32.2. The first kappa shape index (κ1) is 24.6. The molecule has 0 radical (unpaired) electrons. The lowest BCUT2D eigenvalue weighted by Gasteiger charge is -2.17. The van der Waals surface area contributed by atoms with Crippen molar-refractivity contribution in [1.29, 1.82) is 0 Å². The number of carbonyl (C=O) groups is 1. The summed E-state index contributed by atoms with van der Waals surface area (Å²) in [6, 6.07) is 9.14. The molecule has 0 saturated carbocycles. The number of H-pyrrole nitrogens is 1. The third-order valence-electron chi connectivity index (χ3n) is 5.73. The summed E-state index contributed by atoms with van der Waals surface area (Å²) in [6.45, 7) is 0.931. The number of halogens is 3. The van der Waals surface area contributed by atoms with Gasteiger partial charge in [0.25, 0.3) is 5.91 Å². The zero-order chi connectivity index (χ0) is 26.0. The van der Waals surface area contributed by atoms with E-state index in [4.69, 9.17) is 4.74 Å². The second kappa shape index (κ2) is 10.1. The summed E-state index contributed by atoms with van der Waals surface area (Å²) in [5.41, 5.74) is 1.00. The molecule has 37 heavy (non-hydrogen) atoms. The zero-order valence-electron chi connectivity index (χ0n) is 19.4. The van der Waals surface area contributed by atoms with Crippen LogP contribution in [0.1, 0.15) is 16.7 Å². The molecule has 1 amide bonds. The molecule has 0 fully saturated rings. The van der Waals surface area contributed by atoms with E-state index in [1.54, 1.807) is 35.4 Å². The summed E-state index contributed by atoms with van der Waals surface area (Å²) < 4.78 is 48.5. The van der Waals surface area contributed by atoms with Gasteiger partial charge >= 0.3 is 6.18 Å². The van der Waals surface area contributed by atoms with Gasteiger partial charge in [0, 0.05) is 11.9 Å². The maximum absolute atomic E-state index is 14.0. The van der Waals surface area contributed by atoms with Crippen molar-refractivity contribution < 1.29 is 22.7 Å². The summed E-state index contributed by atoms with van der Waals surface area (Å²) in [7, 11) is 1.31. The van der Waals surface area contributed by atoms with Gasteiger partial charge < -0.3 is 10.1 Å². The van der Waals surface area contributed by atoms with Gasteiger partial charge in [-0.3, -0.25) is 14.6 Å². The molecular formula is C24H20F3N7O2S. The van der Waals surface area contributed by atoms with Crippen LogP contribution in [0.2, 0.25) is 0 Å². The Hall–Kier alpha value is -4.13. The van der Waals surface area contributed by atoms with Crippen LogP contribution in [-0.4, -0.2) is 49.7 Å². The Morgan fingerprint density at radius 3 is 2.84 bits per heavy atom. The van der Waals surface area contributed by atoms with Crippen molar-refractivity contribution in [3.05, 3.63) is 76.8 Å². The van der Waals surface area contributed by atoms with Gasteiger partial charge in [-0.2, -0.15) is 28.4 Å². The summed E-state index contributed by atoms with van der Waals surface area (Å²) >= 11 is 1.10. The monoisotopic (exact) mass is 527 g/mol. The number of nitrogens with one attached hydrogen (secondary N) is 2. The van der Waals surface area contributed by atoms with E-state index in [1.165, 1.54) is 25.6 Å². The second-order valence-corrected chi connectivity index (χ2v) is 9.09. The molecule has 1 aliphatic rings. The van der Waals surface area contributed by atoms with Crippen molar-refractivity contribution in [2.24, 2.45) is 4.99 Å². The predicted octanol–water partition coefficient (Wildman–Crippen LogP) is 4.05. The lowest BCUT2D eigenvalue weighted by atomic mass is 9.93. The van der Waals surface area contributed by atoms with Crippen molar-refractivity contribution in [3.63, 3.8) is 0 Å². The molecule has 9 nitrogen and oxygen atoms in total. The number of hydrogen-bond donors (Lipinski definition) is 2. The number of alkyl halides is 3. The number of aliphatic imine (C=N–C) groups is 1. The summed E-state index contributed by atoms with van der Waals surface area (Å²) in [5, 5.41) is 15.1. The van der Waals surface area contributed by atoms with Gasteiger partial charge in [0.1, 0.15) is 18.4 Å². The molecule has 3 heterocycles. The Balaban J connectivity index is 1.50. The second-order valence-electron chi connectivity index (χ2n) is 8.09. The van der Waals surface area contributed by atoms with Crippen LogP contribution in [0.25, 0.3) is 16.5 Å². The normalized spacial score (nSPS) is 15.2. The molecule has 4 aromatic rings. The number of allylic oxidation sites excluding steroid dienone is 1. The molecule has 2 aromatic carbocycles. The Bertz CT molecular complexity index is 1510. The minimum absolute atomic E-state index is 0.0177. The van der Waals surface area contributed by atoms with E-state index in [1.807, 2.05) is 0 Å². The number of ether oxygens (including phenoxy) is 1. The van der Waals surface area contributed by atoms with Crippen LogP contribution >= 0.6 is 11.8 Å². The van der Waals surface area contributed by atoms with E-state index in [0.29, 0.717) is 29.4 Å². The highest BCUT2D eigenvalue weighted by Gasteiger charge is 2.35. The summed E-state index contributed by atoms with van der Waals surface area (Å²) in [5.74, 6) is -0.420. The van der Waals surface area contributed by atoms with E-state index in [2.05, 4.69) is 30.6 Å².